The highest BCUT2D eigenvalue weighted by molar-refractivity contribution is 6.43. The Labute approximate surface area is 127 Å². The van der Waals surface area contributed by atoms with Crippen LogP contribution in [0, 0.1) is 0 Å². The first-order valence-electron chi connectivity index (χ1n) is 6.65. The summed E-state index contributed by atoms with van der Waals surface area (Å²) in [5.74, 6) is 1.33. The van der Waals surface area contributed by atoms with Crippen LogP contribution in [-0.2, 0) is 0 Å². The number of fused-ring (bicyclic) bond motifs is 1. The number of nitrogens with zero attached hydrogens (tertiary/aromatic N) is 3. The summed E-state index contributed by atoms with van der Waals surface area (Å²) in [5.41, 5.74) is 0. The van der Waals surface area contributed by atoms with Crippen molar-refractivity contribution in [1.82, 2.24) is 10.2 Å². The van der Waals surface area contributed by atoms with Gasteiger partial charge in [-0.3, -0.25) is 0 Å². The number of ether oxygens (including phenoxy) is 1. The number of hydrogen-bond donors (Lipinski definition) is 0. The van der Waals surface area contributed by atoms with Crippen LogP contribution in [0.25, 0.3) is 10.8 Å². The van der Waals surface area contributed by atoms with Crippen molar-refractivity contribution in [3.05, 3.63) is 22.2 Å². The zero-order valence-electron chi connectivity index (χ0n) is 11.2. The highest BCUT2D eigenvalue weighted by Crippen LogP contribution is 2.36. The molecular formula is C14H15Cl2N3O. The minimum Gasteiger partial charge on any atom is -0.479 e. The monoisotopic (exact) mass is 311 g/mol. The number of hydrogen-bond acceptors (Lipinski definition) is 4. The van der Waals surface area contributed by atoms with E-state index >= 15 is 0 Å². The van der Waals surface area contributed by atoms with Crippen molar-refractivity contribution in [2.45, 2.75) is 19.3 Å². The van der Waals surface area contributed by atoms with Gasteiger partial charge in [0.2, 0.25) is 5.88 Å². The summed E-state index contributed by atoms with van der Waals surface area (Å²) >= 11 is 12.3. The van der Waals surface area contributed by atoms with Gasteiger partial charge >= 0.3 is 0 Å². The molecule has 1 aromatic carbocycles. The third-order valence-corrected chi connectivity index (χ3v) is 4.34. The molecule has 0 unspecified atom stereocenters. The Morgan fingerprint density at radius 2 is 1.65 bits per heavy atom. The lowest BCUT2D eigenvalue weighted by molar-refractivity contribution is 0.397. The summed E-state index contributed by atoms with van der Waals surface area (Å²) in [6, 6.07) is 3.64. The topological polar surface area (TPSA) is 38.3 Å². The first-order valence-corrected chi connectivity index (χ1v) is 7.40. The molecular weight excluding hydrogens is 297 g/mol. The van der Waals surface area contributed by atoms with Crippen molar-refractivity contribution < 1.29 is 4.74 Å². The first kappa shape index (κ1) is 13.7. The van der Waals surface area contributed by atoms with Crippen molar-refractivity contribution in [3.63, 3.8) is 0 Å². The van der Waals surface area contributed by atoms with Gasteiger partial charge in [-0.2, -0.15) is 0 Å². The Kier molecular flexibility index (Phi) is 3.85. The number of methoxy groups -OCH3 is 1. The number of halogens is 2. The van der Waals surface area contributed by atoms with Gasteiger partial charge in [0.1, 0.15) is 0 Å². The molecule has 0 saturated carbocycles. The Balaban J connectivity index is 2.19. The van der Waals surface area contributed by atoms with Crippen LogP contribution in [-0.4, -0.2) is 30.4 Å². The van der Waals surface area contributed by atoms with Crippen LogP contribution in [0.15, 0.2) is 12.1 Å². The summed E-state index contributed by atoms with van der Waals surface area (Å²) < 4.78 is 5.27. The molecule has 0 atom stereocenters. The van der Waals surface area contributed by atoms with E-state index < -0.39 is 0 Å². The van der Waals surface area contributed by atoms with Crippen molar-refractivity contribution in [2.24, 2.45) is 0 Å². The predicted octanol–water partition coefficient (Wildman–Crippen LogP) is 3.94. The second-order valence-electron chi connectivity index (χ2n) is 4.89. The zero-order valence-corrected chi connectivity index (χ0v) is 12.7. The van der Waals surface area contributed by atoms with Gasteiger partial charge in [0.05, 0.1) is 22.5 Å². The Morgan fingerprint density at radius 1 is 1.00 bits per heavy atom. The minimum atomic E-state index is 0.472. The van der Waals surface area contributed by atoms with Crippen molar-refractivity contribution >= 4 is 39.8 Å². The molecule has 1 aliphatic rings. The van der Waals surface area contributed by atoms with Crippen LogP contribution in [0.5, 0.6) is 5.88 Å². The lowest BCUT2D eigenvalue weighted by Crippen LogP contribution is -2.30. The highest BCUT2D eigenvalue weighted by Gasteiger charge is 2.19. The number of benzene rings is 1. The molecule has 0 amide bonds. The predicted molar refractivity (Wildman–Crippen MR) is 82.2 cm³/mol. The standard InChI is InChI=1S/C14H15Cl2N3O/c1-20-14-10-8-12(16)11(15)7-9(10)13(17-18-14)19-5-3-2-4-6-19/h7-8H,2-6H2,1H3. The zero-order chi connectivity index (χ0) is 14.1. The van der Waals surface area contributed by atoms with Gasteiger partial charge in [-0.1, -0.05) is 23.2 Å². The van der Waals surface area contributed by atoms with E-state index in [1.807, 2.05) is 6.07 Å². The molecule has 3 rings (SSSR count). The summed E-state index contributed by atoms with van der Waals surface area (Å²) in [4.78, 5) is 2.25. The van der Waals surface area contributed by atoms with E-state index in [0.717, 1.165) is 29.7 Å². The summed E-state index contributed by atoms with van der Waals surface area (Å²) in [7, 11) is 1.58. The fraction of sp³-hybridized carbons (Fsp3) is 0.429. The number of anilines is 1. The van der Waals surface area contributed by atoms with Gasteiger partial charge in [-0.15, -0.1) is 10.2 Å². The molecule has 0 bridgehead atoms. The van der Waals surface area contributed by atoms with Crippen LogP contribution in [0.2, 0.25) is 10.0 Å². The molecule has 20 heavy (non-hydrogen) atoms. The van der Waals surface area contributed by atoms with Crippen LogP contribution < -0.4 is 9.64 Å². The molecule has 0 radical (unpaired) electrons. The van der Waals surface area contributed by atoms with E-state index in [1.54, 1.807) is 13.2 Å². The lowest BCUT2D eigenvalue weighted by atomic mass is 10.1. The molecule has 2 heterocycles. The number of aromatic nitrogens is 2. The van der Waals surface area contributed by atoms with Gasteiger partial charge < -0.3 is 9.64 Å². The molecule has 6 heteroatoms. The maximum atomic E-state index is 6.15. The number of piperidine rings is 1. The van der Waals surface area contributed by atoms with Crippen molar-refractivity contribution in [1.29, 1.82) is 0 Å². The minimum absolute atomic E-state index is 0.472. The quantitative estimate of drug-likeness (QED) is 0.842. The second-order valence-corrected chi connectivity index (χ2v) is 5.71. The molecule has 1 aliphatic heterocycles. The van der Waals surface area contributed by atoms with Crippen LogP contribution in [0.3, 0.4) is 0 Å². The molecule has 106 valence electrons. The van der Waals surface area contributed by atoms with Gasteiger partial charge in [0.25, 0.3) is 0 Å². The molecule has 1 aromatic heterocycles. The molecule has 0 N–H and O–H groups in total. The third-order valence-electron chi connectivity index (χ3n) is 3.62. The van der Waals surface area contributed by atoms with E-state index in [4.69, 9.17) is 27.9 Å². The Hall–Kier alpha value is -1.26. The summed E-state index contributed by atoms with van der Waals surface area (Å²) in [5, 5.41) is 11.3. The Bertz CT molecular complexity index is 642. The summed E-state index contributed by atoms with van der Waals surface area (Å²) in [6.07, 6.45) is 3.62. The van der Waals surface area contributed by atoms with Gasteiger partial charge in [0.15, 0.2) is 5.82 Å². The van der Waals surface area contributed by atoms with E-state index in [-0.39, 0.29) is 0 Å². The fourth-order valence-electron chi connectivity index (χ4n) is 2.60. The van der Waals surface area contributed by atoms with Crippen molar-refractivity contribution in [3.8, 4) is 5.88 Å². The maximum Gasteiger partial charge on any atom is 0.241 e. The highest BCUT2D eigenvalue weighted by atomic mass is 35.5. The van der Waals surface area contributed by atoms with Crippen LogP contribution in [0.4, 0.5) is 5.82 Å². The normalized spacial score (nSPS) is 15.7. The average Bonchev–Trinajstić information content (AvgIpc) is 2.48. The van der Waals surface area contributed by atoms with Gasteiger partial charge in [-0.05, 0) is 31.4 Å². The van der Waals surface area contributed by atoms with Crippen LogP contribution in [0.1, 0.15) is 19.3 Å². The first-order chi connectivity index (χ1) is 9.70. The van der Waals surface area contributed by atoms with Crippen LogP contribution >= 0.6 is 23.2 Å². The SMILES string of the molecule is COc1nnc(N2CCCCC2)c2cc(Cl)c(Cl)cc12. The molecule has 4 nitrogen and oxygen atoms in total. The second kappa shape index (κ2) is 5.62. The summed E-state index contributed by atoms with van der Waals surface area (Å²) in [6.45, 7) is 1.99. The molecule has 0 aliphatic carbocycles. The fourth-order valence-corrected chi connectivity index (χ4v) is 2.93. The molecule has 1 fully saturated rings. The van der Waals surface area contributed by atoms with E-state index in [0.29, 0.717) is 15.9 Å². The average molecular weight is 312 g/mol. The molecule has 2 aromatic rings. The van der Waals surface area contributed by atoms with E-state index in [2.05, 4.69) is 15.1 Å². The van der Waals surface area contributed by atoms with Gasteiger partial charge in [-0.25, -0.2) is 0 Å². The van der Waals surface area contributed by atoms with Gasteiger partial charge in [0, 0.05) is 18.5 Å². The largest absolute Gasteiger partial charge is 0.479 e. The van der Waals surface area contributed by atoms with Crippen molar-refractivity contribution in [2.75, 3.05) is 25.1 Å². The maximum absolute atomic E-state index is 6.15. The van der Waals surface area contributed by atoms with E-state index in [9.17, 15) is 0 Å². The smallest absolute Gasteiger partial charge is 0.241 e. The molecule has 0 spiro atoms. The van der Waals surface area contributed by atoms with E-state index in [1.165, 1.54) is 19.3 Å². The lowest BCUT2D eigenvalue weighted by Gasteiger charge is -2.28. The molecule has 1 saturated heterocycles. The Morgan fingerprint density at radius 3 is 2.30 bits per heavy atom. The third kappa shape index (κ3) is 2.38. The number of rotatable bonds is 2.